The first kappa shape index (κ1) is 19.5. The first-order valence-corrected chi connectivity index (χ1v) is 10.7. The average molecular weight is 408 g/mol. The van der Waals surface area contributed by atoms with Crippen LogP contribution < -0.4 is 0 Å². The Hall–Kier alpha value is -4.41. The van der Waals surface area contributed by atoms with Gasteiger partial charge in [-0.25, -0.2) is 0 Å². The molecule has 0 N–H and O–H groups in total. The van der Waals surface area contributed by atoms with Gasteiger partial charge < -0.3 is 0 Å². The monoisotopic (exact) mass is 407 g/mol. The van der Waals surface area contributed by atoms with Crippen molar-refractivity contribution in [3.05, 3.63) is 133 Å². The maximum Gasteiger partial charge on any atom is 0.0998 e. The highest BCUT2D eigenvalue weighted by atomic mass is 14.2. The van der Waals surface area contributed by atoms with Crippen molar-refractivity contribution < 1.29 is 0 Å². The van der Waals surface area contributed by atoms with E-state index in [-0.39, 0.29) is 0 Å². The number of hydrogen-bond acceptors (Lipinski definition) is 1. The summed E-state index contributed by atoms with van der Waals surface area (Å²) in [5.74, 6) is 0. The van der Waals surface area contributed by atoms with E-state index >= 15 is 0 Å². The van der Waals surface area contributed by atoms with Crippen molar-refractivity contribution in [3.63, 3.8) is 0 Å². The number of nitriles is 1. The van der Waals surface area contributed by atoms with E-state index in [1.54, 1.807) is 0 Å². The van der Waals surface area contributed by atoms with Gasteiger partial charge in [0.15, 0.2) is 0 Å². The number of rotatable bonds is 4. The van der Waals surface area contributed by atoms with E-state index in [2.05, 4.69) is 97.1 Å². The Labute approximate surface area is 188 Å². The third-order valence-electron chi connectivity index (χ3n) is 5.75. The summed E-state index contributed by atoms with van der Waals surface area (Å²) in [6.45, 7) is 0. The lowest BCUT2D eigenvalue weighted by Gasteiger charge is -2.10. The van der Waals surface area contributed by atoms with Crippen LogP contribution in [0.25, 0.3) is 44.5 Å². The first-order chi connectivity index (χ1) is 15.8. The van der Waals surface area contributed by atoms with Gasteiger partial charge in [-0.15, -0.1) is 0 Å². The molecule has 0 atom stereocenters. The summed E-state index contributed by atoms with van der Waals surface area (Å²) < 4.78 is 0. The third-order valence-corrected chi connectivity index (χ3v) is 5.75. The molecule has 1 nitrogen and oxygen atoms in total. The zero-order valence-corrected chi connectivity index (χ0v) is 17.6. The Morgan fingerprint density at radius 1 is 0.375 bits per heavy atom. The van der Waals surface area contributed by atoms with Gasteiger partial charge in [0.1, 0.15) is 0 Å². The van der Waals surface area contributed by atoms with Gasteiger partial charge in [0, 0.05) is 0 Å². The Balaban J connectivity index is 1.46. The maximum atomic E-state index is 9.77. The maximum absolute atomic E-state index is 9.77. The van der Waals surface area contributed by atoms with Crippen molar-refractivity contribution >= 4 is 0 Å². The number of hydrogen-bond donors (Lipinski definition) is 0. The van der Waals surface area contributed by atoms with Crippen LogP contribution >= 0.6 is 0 Å². The average Bonchev–Trinajstić information content (AvgIpc) is 2.89. The zero-order chi connectivity index (χ0) is 21.8. The molecule has 5 rings (SSSR count). The molecule has 0 fully saturated rings. The molecular weight excluding hydrogens is 386 g/mol. The van der Waals surface area contributed by atoms with Gasteiger partial charge in [0.2, 0.25) is 0 Å². The second kappa shape index (κ2) is 8.76. The Morgan fingerprint density at radius 3 is 1.38 bits per heavy atom. The Morgan fingerprint density at radius 2 is 0.812 bits per heavy atom. The van der Waals surface area contributed by atoms with E-state index in [1.165, 1.54) is 16.7 Å². The van der Waals surface area contributed by atoms with Crippen molar-refractivity contribution in [3.8, 4) is 50.6 Å². The molecule has 0 aromatic heterocycles. The Bertz CT molecular complexity index is 1390. The minimum Gasteiger partial charge on any atom is -0.192 e. The summed E-state index contributed by atoms with van der Waals surface area (Å²) in [6, 6.07) is 46.1. The van der Waals surface area contributed by atoms with E-state index in [4.69, 9.17) is 0 Å². The molecule has 0 saturated heterocycles. The van der Waals surface area contributed by atoms with E-state index in [0.29, 0.717) is 5.56 Å². The van der Waals surface area contributed by atoms with Gasteiger partial charge in [0.25, 0.3) is 0 Å². The third kappa shape index (κ3) is 3.95. The molecule has 0 aliphatic rings. The topological polar surface area (TPSA) is 23.8 Å². The van der Waals surface area contributed by atoms with Crippen LogP contribution in [0.15, 0.2) is 127 Å². The standard InChI is InChI=1S/C31H21N/c32-22-30-21-29(24-10-5-2-6-11-24)18-19-31(30)26-16-14-25(15-17-26)28-13-7-12-27(20-28)23-8-3-1-4-9-23/h1-21H. The minimum absolute atomic E-state index is 0.685. The van der Waals surface area contributed by atoms with Crippen molar-refractivity contribution in [1.82, 2.24) is 0 Å². The van der Waals surface area contributed by atoms with E-state index < -0.39 is 0 Å². The predicted octanol–water partition coefficient (Wildman–Crippen LogP) is 8.23. The number of benzene rings is 5. The second-order valence-corrected chi connectivity index (χ2v) is 7.76. The van der Waals surface area contributed by atoms with Crippen LogP contribution in [-0.4, -0.2) is 0 Å². The lowest BCUT2D eigenvalue weighted by Crippen LogP contribution is -1.87. The zero-order valence-electron chi connectivity index (χ0n) is 17.6. The van der Waals surface area contributed by atoms with Gasteiger partial charge in [-0.1, -0.05) is 115 Å². The molecule has 0 bridgehead atoms. The van der Waals surface area contributed by atoms with Crippen LogP contribution in [0.1, 0.15) is 5.56 Å². The normalized spacial score (nSPS) is 10.5. The van der Waals surface area contributed by atoms with Crippen molar-refractivity contribution in [1.29, 1.82) is 5.26 Å². The summed E-state index contributed by atoms with van der Waals surface area (Å²) in [5, 5.41) is 9.77. The molecule has 32 heavy (non-hydrogen) atoms. The van der Waals surface area contributed by atoms with E-state index in [0.717, 1.165) is 27.8 Å². The van der Waals surface area contributed by atoms with Crippen molar-refractivity contribution in [2.45, 2.75) is 0 Å². The van der Waals surface area contributed by atoms with Crippen LogP contribution in [0, 0.1) is 11.3 Å². The van der Waals surface area contributed by atoms with Gasteiger partial charge in [-0.2, -0.15) is 5.26 Å². The fraction of sp³-hybridized carbons (Fsp3) is 0. The molecule has 150 valence electrons. The van der Waals surface area contributed by atoms with Crippen LogP contribution in [0.2, 0.25) is 0 Å². The van der Waals surface area contributed by atoms with Crippen LogP contribution in [0.5, 0.6) is 0 Å². The molecule has 5 aromatic carbocycles. The highest BCUT2D eigenvalue weighted by molar-refractivity contribution is 5.79. The molecule has 0 amide bonds. The van der Waals surface area contributed by atoms with Gasteiger partial charge in [0.05, 0.1) is 11.6 Å². The van der Waals surface area contributed by atoms with E-state index in [9.17, 15) is 5.26 Å². The summed E-state index contributed by atoms with van der Waals surface area (Å²) in [7, 11) is 0. The molecular formula is C31H21N. The minimum atomic E-state index is 0.685. The summed E-state index contributed by atoms with van der Waals surface area (Å²) in [4.78, 5) is 0. The second-order valence-electron chi connectivity index (χ2n) is 7.76. The fourth-order valence-corrected chi connectivity index (χ4v) is 4.05. The van der Waals surface area contributed by atoms with Crippen molar-refractivity contribution in [2.75, 3.05) is 0 Å². The summed E-state index contributed by atoms with van der Waals surface area (Å²) >= 11 is 0. The Kier molecular flexibility index (Phi) is 5.35. The predicted molar refractivity (Wildman–Crippen MR) is 133 cm³/mol. The molecule has 0 spiro atoms. The first-order valence-electron chi connectivity index (χ1n) is 10.7. The highest BCUT2D eigenvalue weighted by Crippen LogP contribution is 2.31. The summed E-state index contributed by atoms with van der Waals surface area (Å²) in [6.07, 6.45) is 0. The molecule has 5 aromatic rings. The fourth-order valence-electron chi connectivity index (χ4n) is 4.05. The summed E-state index contributed by atoms with van der Waals surface area (Å²) in [5.41, 5.74) is 9.61. The molecule has 0 radical (unpaired) electrons. The van der Waals surface area contributed by atoms with Crippen molar-refractivity contribution in [2.24, 2.45) is 0 Å². The largest absolute Gasteiger partial charge is 0.192 e. The lowest BCUT2D eigenvalue weighted by molar-refractivity contribution is 1.47. The van der Waals surface area contributed by atoms with Crippen LogP contribution in [-0.2, 0) is 0 Å². The molecule has 1 heteroatoms. The molecule has 0 aliphatic heterocycles. The molecule has 0 saturated carbocycles. The smallest absolute Gasteiger partial charge is 0.0998 e. The molecule has 0 heterocycles. The quantitative estimate of drug-likeness (QED) is 0.294. The van der Waals surface area contributed by atoms with Crippen LogP contribution in [0.3, 0.4) is 0 Å². The number of nitrogens with zero attached hydrogens (tertiary/aromatic N) is 1. The van der Waals surface area contributed by atoms with Gasteiger partial charge in [-0.3, -0.25) is 0 Å². The molecule has 0 unspecified atom stereocenters. The van der Waals surface area contributed by atoms with Gasteiger partial charge >= 0.3 is 0 Å². The highest BCUT2D eigenvalue weighted by Gasteiger charge is 2.08. The van der Waals surface area contributed by atoms with Crippen LogP contribution in [0.4, 0.5) is 0 Å². The van der Waals surface area contributed by atoms with Gasteiger partial charge in [-0.05, 0) is 56.6 Å². The van der Waals surface area contributed by atoms with E-state index in [1.807, 2.05) is 36.4 Å². The SMILES string of the molecule is N#Cc1cc(-c2ccccc2)ccc1-c1ccc(-c2cccc(-c3ccccc3)c2)cc1. The lowest BCUT2D eigenvalue weighted by atomic mass is 9.93. The molecule has 0 aliphatic carbocycles.